The fraction of sp³-hybridized carbons (Fsp3) is 0.0857. The third kappa shape index (κ3) is 10.0. The Bertz CT molecular complexity index is 1830. The van der Waals surface area contributed by atoms with E-state index in [0.717, 1.165) is 32.9 Å². The van der Waals surface area contributed by atoms with Crippen LogP contribution in [0.5, 0.6) is 23.0 Å². The van der Waals surface area contributed by atoms with E-state index in [2.05, 4.69) is 35.6 Å². The summed E-state index contributed by atoms with van der Waals surface area (Å²) in [6.07, 6.45) is 1.74. The number of H-pyrrole nitrogens is 1. The molecule has 6 rings (SSSR count). The Balaban J connectivity index is 0.000000219. The highest BCUT2D eigenvalue weighted by Gasteiger charge is 2.12. The van der Waals surface area contributed by atoms with Crippen molar-refractivity contribution in [1.29, 1.82) is 0 Å². The first kappa shape index (κ1) is 34.0. The van der Waals surface area contributed by atoms with Crippen LogP contribution in [0.3, 0.4) is 0 Å². The first-order valence-corrected chi connectivity index (χ1v) is 14.1. The van der Waals surface area contributed by atoms with Gasteiger partial charge in [0.2, 0.25) is 0 Å². The van der Waals surface area contributed by atoms with Gasteiger partial charge >= 0.3 is 11.9 Å². The van der Waals surface area contributed by atoms with Crippen molar-refractivity contribution >= 4 is 39.0 Å². The molecule has 0 fully saturated rings. The topological polar surface area (TPSA) is 124 Å². The number of fused-ring (bicyclic) bond motifs is 1. The number of methoxy groups -OCH3 is 1. The van der Waals surface area contributed by atoms with Crippen molar-refractivity contribution < 1.29 is 28.9 Å². The summed E-state index contributed by atoms with van der Waals surface area (Å²) >= 11 is 3.42. The summed E-state index contributed by atoms with van der Waals surface area (Å²) in [7, 11) is 1.35. The van der Waals surface area contributed by atoms with Gasteiger partial charge in [-0.05, 0) is 70.5 Å². The highest BCUT2D eigenvalue weighted by Crippen LogP contribution is 2.32. The number of rotatable bonds is 6. The van der Waals surface area contributed by atoms with Gasteiger partial charge in [-0.15, -0.1) is 0 Å². The van der Waals surface area contributed by atoms with E-state index in [1.54, 1.807) is 36.5 Å². The Kier molecular flexibility index (Phi) is 12.8. The number of halogens is 1. The van der Waals surface area contributed by atoms with Gasteiger partial charge in [0.25, 0.3) is 0 Å². The SMILES string of the molecule is Brc1cnc2nc(-c3ccccc3Oc3ccccc3)[nH]c2c1.C.COC(C)=O.O=C(O)c1ccccc1Oc1ccccc1. The fourth-order valence-electron chi connectivity index (χ4n) is 3.72. The molecule has 4 aromatic carbocycles. The number of carboxylic acids is 1. The Hall–Kier alpha value is -5.48. The first-order valence-electron chi connectivity index (χ1n) is 13.3. The Morgan fingerprint density at radius 1 is 0.778 bits per heavy atom. The number of nitrogens with zero attached hydrogens (tertiary/aromatic N) is 2. The number of aromatic amines is 1. The number of para-hydroxylation sites is 4. The first-order chi connectivity index (χ1) is 21.3. The zero-order valence-electron chi connectivity index (χ0n) is 23.8. The molecule has 0 amide bonds. The molecule has 10 heteroatoms. The van der Waals surface area contributed by atoms with Gasteiger partial charge < -0.3 is 24.3 Å². The molecule has 0 bridgehead atoms. The van der Waals surface area contributed by atoms with E-state index in [1.165, 1.54) is 20.1 Å². The van der Waals surface area contributed by atoms with Crippen LogP contribution in [0.15, 0.2) is 126 Å². The number of benzene rings is 4. The Labute approximate surface area is 269 Å². The molecule has 6 aromatic rings. The van der Waals surface area contributed by atoms with Gasteiger partial charge in [-0.2, -0.15) is 0 Å². The lowest BCUT2D eigenvalue weighted by molar-refractivity contribution is -0.137. The Morgan fingerprint density at radius 2 is 1.29 bits per heavy atom. The number of carbonyl (C=O) groups excluding carboxylic acids is 1. The normalized spacial score (nSPS) is 9.76. The molecule has 0 radical (unpaired) electrons. The van der Waals surface area contributed by atoms with Crippen LogP contribution < -0.4 is 9.47 Å². The van der Waals surface area contributed by atoms with Crippen LogP contribution in [0.2, 0.25) is 0 Å². The second-order valence-electron chi connectivity index (χ2n) is 8.93. The minimum atomic E-state index is -0.994. The standard InChI is InChI=1S/C18H12BrN3O.C13H10O3.C3H6O2.CH4/c19-12-10-15-18(20-11-12)22-17(21-15)14-8-4-5-9-16(14)23-13-6-2-1-3-7-13;14-13(15)11-8-4-5-9-12(11)16-10-6-2-1-3-7-10;1-3(4)5-2;/h1-11H,(H,20,21,22);1-9H,(H,14,15);1-2H3;1H4. The molecule has 0 saturated carbocycles. The zero-order chi connectivity index (χ0) is 31.3. The second kappa shape index (κ2) is 17.0. The molecule has 2 N–H and O–H groups in total. The number of nitrogens with one attached hydrogen (secondary N) is 1. The summed E-state index contributed by atoms with van der Waals surface area (Å²) < 4.78 is 16.5. The summed E-state index contributed by atoms with van der Waals surface area (Å²) in [5.74, 6) is 2.00. The maximum Gasteiger partial charge on any atom is 0.339 e. The molecular formula is C35H32BrN3O6. The third-order valence-corrected chi connectivity index (χ3v) is 6.23. The monoisotopic (exact) mass is 669 g/mol. The van der Waals surface area contributed by atoms with E-state index in [4.69, 9.17) is 14.6 Å². The molecule has 0 aliphatic heterocycles. The molecule has 230 valence electrons. The van der Waals surface area contributed by atoms with Crippen LogP contribution in [-0.2, 0) is 9.53 Å². The molecule has 0 spiro atoms. The van der Waals surface area contributed by atoms with Gasteiger partial charge in [0.1, 0.15) is 34.4 Å². The van der Waals surface area contributed by atoms with Crippen LogP contribution in [0.4, 0.5) is 0 Å². The molecule has 2 aromatic heterocycles. The van der Waals surface area contributed by atoms with Crippen molar-refractivity contribution in [3.8, 4) is 34.4 Å². The predicted molar refractivity (Wildman–Crippen MR) is 178 cm³/mol. The number of hydrogen-bond donors (Lipinski definition) is 2. The molecule has 2 heterocycles. The molecule has 0 aliphatic carbocycles. The number of pyridine rings is 1. The summed E-state index contributed by atoms with van der Waals surface area (Å²) in [4.78, 5) is 32.7. The van der Waals surface area contributed by atoms with Gasteiger partial charge in [0.15, 0.2) is 5.65 Å². The minimum absolute atomic E-state index is 0. The van der Waals surface area contributed by atoms with Crippen LogP contribution >= 0.6 is 15.9 Å². The van der Waals surface area contributed by atoms with Crippen molar-refractivity contribution in [2.75, 3.05) is 7.11 Å². The summed E-state index contributed by atoms with van der Waals surface area (Å²) in [6.45, 7) is 1.36. The highest BCUT2D eigenvalue weighted by molar-refractivity contribution is 9.10. The second-order valence-corrected chi connectivity index (χ2v) is 9.85. The van der Waals surface area contributed by atoms with Crippen LogP contribution in [0.25, 0.3) is 22.6 Å². The van der Waals surface area contributed by atoms with Gasteiger partial charge in [-0.1, -0.05) is 68.1 Å². The predicted octanol–water partition coefficient (Wildman–Crippen LogP) is 9.17. The number of aromatic carboxylic acids is 1. The van der Waals surface area contributed by atoms with Crippen LogP contribution in [0, 0.1) is 0 Å². The lowest BCUT2D eigenvalue weighted by Crippen LogP contribution is -1.99. The fourth-order valence-corrected chi connectivity index (χ4v) is 4.05. The lowest BCUT2D eigenvalue weighted by atomic mass is 10.2. The Morgan fingerprint density at radius 3 is 1.87 bits per heavy atom. The average Bonchev–Trinajstić information content (AvgIpc) is 3.46. The number of carboxylic acid groups (broad SMARTS) is 1. The van der Waals surface area contributed by atoms with Gasteiger partial charge in [-0.3, -0.25) is 4.79 Å². The van der Waals surface area contributed by atoms with Crippen molar-refractivity contribution in [3.05, 3.63) is 131 Å². The summed E-state index contributed by atoms with van der Waals surface area (Å²) in [5.41, 5.74) is 2.61. The molecule has 45 heavy (non-hydrogen) atoms. The van der Waals surface area contributed by atoms with E-state index in [-0.39, 0.29) is 19.0 Å². The number of esters is 1. The van der Waals surface area contributed by atoms with Gasteiger partial charge in [0, 0.05) is 17.6 Å². The molecular weight excluding hydrogens is 638 g/mol. The van der Waals surface area contributed by atoms with Gasteiger partial charge in [-0.25, -0.2) is 14.8 Å². The lowest BCUT2D eigenvalue weighted by Gasteiger charge is -2.09. The van der Waals surface area contributed by atoms with Crippen molar-refractivity contribution in [1.82, 2.24) is 15.0 Å². The van der Waals surface area contributed by atoms with Crippen LogP contribution in [-0.4, -0.2) is 39.1 Å². The molecule has 0 aliphatic rings. The maximum absolute atomic E-state index is 10.9. The molecule has 0 saturated heterocycles. The van der Waals surface area contributed by atoms with Gasteiger partial charge in [0.05, 0.1) is 18.2 Å². The molecule has 9 nitrogen and oxygen atoms in total. The number of aromatic nitrogens is 3. The average molecular weight is 671 g/mol. The highest BCUT2D eigenvalue weighted by atomic mass is 79.9. The number of imidazole rings is 1. The smallest absolute Gasteiger partial charge is 0.339 e. The van der Waals surface area contributed by atoms with E-state index >= 15 is 0 Å². The van der Waals surface area contributed by atoms with E-state index < -0.39 is 5.97 Å². The van der Waals surface area contributed by atoms with Crippen LogP contribution in [0.1, 0.15) is 24.7 Å². The minimum Gasteiger partial charge on any atom is -0.478 e. The maximum atomic E-state index is 10.9. The molecule has 0 atom stereocenters. The van der Waals surface area contributed by atoms with E-state index in [1.807, 2.05) is 78.9 Å². The number of hydrogen-bond acceptors (Lipinski definition) is 7. The third-order valence-electron chi connectivity index (χ3n) is 5.79. The quantitative estimate of drug-likeness (QED) is 0.168. The van der Waals surface area contributed by atoms with E-state index in [0.29, 0.717) is 17.1 Å². The van der Waals surface area contributed by atoms with E-state index in [9.17, 15) is 9.59 Å². The van der Waals surface area contributed by atoms with Crippen molar-refractivity contribution in [3.63, 3.8) is 0 Å². The molecule has 0 unspecified atom stereocenters. The largest absolute Gasteiger partial charge is 0.478 e. The summed E-state index contributed by atoms with van der Waals surface area (Å²) in [6, 6.07) is 35.1. The zero-order valence-corrected chi connectivity index (χ0v) is 25.4. The van der Waals surface area contributed by atoms with Crippen molar-refractivity contribution in [2.45, 2.75) is 14.4 Å². The summed E-state index contributed by atoms with van der Waals surface area (Å²) in [5, 5.41) is 8.96. The number of ether oxygens (including phenoxy) is 3. The number of carbonyl (C=O) groups is 2. The van der Waals surface area contributed by atoms with Crippen molar-refractivity contribution in [2.24, 2.45) is 0 Å².